The van der Waals surface area contributed by atoms with E-state index in [-0.39, 0.29) is 23.7 Å². The number of hydrazine groups is 1. The van der Waals surface area contributed by atoms with Gasteiger partial charge in [0.1, 0.15) is 6.04 Å². The maximum Gasteiger partial charge on any atom is 0.337 e. The fourth-order valence-electron chi connectivity index (χ4n) is 3.46. The van der Waals surface area contributed by atoms with Crippen molar-refractivity contribution in [1.29, 1.82) is 0 Å². The molecule has 142 valence electrons. The van der Waals surface area contributed by atoms with E-state index in [0.29, 0.717) is 12.1 Å². The van der Waals surface area contributed by atoms with Crippen LogP contribution in [-0.4, -0.2) is 65.8 Å². The third-order valence-electron chi connectivity index (χ3n) is 5.08. The number of aryl methyl sites for hydroxylation is 1. The number of amides is 1. The van der Waals surface area contributed by atoms with Gasteiger partial charge in [-0.2, -0.15) is 0 Å². The van der Waals surface area contributed by atoms with E-state index in [9.17, 15) is 14.7 Å². The summed E-state index contributed by atoms with van der Waals surface area (Å²) in [6, 6.07) is 4.73. The Bertz CT molecular complexity index is 673. The minimum absolute atomic E-state index is 0.124. The summed E-state index contributed by atoms with van der Waals surface area (Å²) < 4.78 is 0. The number of aromatic carboxylic acids is 1. The second kappa shape index (κ2) is 8.13. The first-order valence-corrected chi connectivity index (χ1v) is 9.08. The molecule has 3 rings (SSSR count). The number of nitrogens with zero attached hydrogens (tertiary/aromatic N) is 2. The molecule has 0 saturated carbocycles. The maximum absolute atomic E-state index is 12.5. The second-order valence-electron chi connectivity index (χ2n) is 7.00. The fourth-order valence-corrected chi connectivity index (χ4v) is 3.46. The van der Waals surface area contributed by atoms with Gasteiger partial charge in [0.05, 0.1) is 24.1 Å². The lowest BCUT2D eigenvalue weighted by molar-refractivity contribution is -0.119. The number of hydrogen-bond acceptors (Lipinski definition) is 6. The van der Waals surface area contributed by atoms with Crippen LogP contribution in [0, 0.1) is 0 Å². The molecule has 0 bridgehead atoms. The molecule has 2 saturated heterocycles. The molecule has 0 radical (unpaired) electrons. The zero-order valence-electron chi connectivity index (χ0n) is 15.3. The monoisotopic (exact) mass is 361 g/mol. The van der Waals surface area contributed by atoms with Crippen molar-refractivity contribution in [2.24, 2.45) is 0 Å². The first-order chi connectivity index (χ1) is 12.5. The average molecular weight is 361 g/mol. The van der Waals surface area contributed by atoms with Gasteiger partial charge in [0, 0.05) is 13.1 Å². The number of carbonyl (C=O) groups is 2. The van der Waals surface area contributed by atoms with Crippen LogP contribution in [0.2, 0.25) is 0 Å². The minimum Gasteiger partial charge on any atom is -0.478 e. The van der Waals surface area contributed by atoms with Crippen molar-refractivity contribution in [3.63, 3.8) is 0 Å². The molecular weight excluding hydrogens is 334 g/mol. The lowest BCUT2D eigenvalue weighted by Gasteiger charge is -2.35. The van der Waals surface area contributed by atoms with Crippen LogP contribution in [0.15, 0.2) is 18.2 Å². The highest BCUT2D eigenvalue weighted by molar-refractivity contribution is 6.02. The van der Waals surface area contributed by atoms with Gasteiger partial charge in [0.25, 0.3) is 0 Å². The Morgan fingerprint density at radius 2 is 2.08 bits per heavy atom. The summed E-state index contributed by atoms with van der Waals surface area (Å²) in [5.74, 6) is -1.26. The number of carbonyl (C=O) groups excluding carboxylic acids is 1. The smallest absolute Gasteiger partial charge is 0.337 e. The highest BCUT2D eigenvalue weighted by Crippen LogP contribution is 2.20. The molecular formula is C18H27N5O3. The summed E-state index contributed by atoms with van der Waals surface area (Å²) in [4.78, 5) is 28.6. The predicted octanol–water partition coefficient (Wildman–Crippen LogP) is 0.673. The van der Waals surface area contributed by atoms with Crippen LogP contribution in [0.4, 0.5) is 5.69 Å². The van der Waals surface area contributed by atoms with Crippen LogP contribution >= 0.6 is 0 Å². The van der Waals surface area contributed by atoms with E-state index in [1.54, 1.807) is 12.1 Å². The number of anilines is 1. The summed E-state index contributed by atoms with van der Waals surface area (Å²) in [5, 5.41) is 12.2. The van der Waals surface area contributed by atoms with Gasteiger partial charge >= 0.3 is 5.97 Å². The molecule has 2 unspecified atom stereocenters. The summed E-state index contributed by atoms with van der Waals surface area (Å²) >= 11 is 0. The topological polar surface area (TPSA) is 96.9 Å². The number of hydrogen-bond donors (Lipinski definition) is 4. The van der Waals surface area contributed by atoms with E-state index in [1.807, 2.05) is 13.0 Å². The van der Waals surface area contributed by atoms with Crippen molar-refractivity contribution in [3.05, 3.63) is 29.3 Å². The van der Waals surface area contributed by atoms with Crippen molar-refractivity contribution < 1.29 is 14.7 Å². The molecule has 2 aliphatic heterocycles. The summed E-state index contributed by atoms with van der Waals surface area (Å²) in [6.07, 6.45) is 2.51. The Labute approximate surface area is 153 Å². The maximum atomic E-state index is 12.5. The Balaban J connectivity index is 1.58. The molecule has 0 aliphatic carbocycles. The lowest BCUT2D eigenvalue weighted by atomic mass is 10.0. The highest BCUT2D eigenvalue weighted by Gasteiger charge is 2.31. The van der Waals surface area contributed by atoms with E-state index in [2.05, 4.69) is 33.0 Å². The van der Waals surface area contributed by atoms with E-state index in [4.69, 9.17) is 0 Å². The van der Waals surface area contributed by atoms with Crippen molar-refractivity contribution in [3.8, 4) is 0 Å². The average Bonchev–Trinajstić information content (AvgIpc) is 3.08. The largest absolute Gasteiger partial charge is 0.478 e. The summed E-state index contributed by atoms with van der Waals surface area (Å²) in [5.41, 5.74) is 7.70. The number of nitrogens with one attached hydrogen (secondary N) is 3. The molecule has 4 N–H and O–H groups in total. The second-order valence-corrected chi connectivity index (χ2v) is 7.00. The Morgan fingerprint density at radius 1 is 1.27 bits per heavy atom. The number of likely N-dealkylation sites (N-methyl/N-ethyl adjacent to an activating group) is 1. The lowest BCUT2D eigenvalue weighted by Crippen LogP contribution is -2.60. The van der Waals surface area contributed by atoms with Crippen LogP contribution in [0.5, 0.6) is 0 Å². The van der Waals surface area contributed by atoms with Gasteiger partial charge in [0.2, 0.25) is 5.91 Å². The third-order valence-corrected chi connectivity index (χ3v) is 5.08. The molecule has 1 amide bonds. The fraction of sp³-hybridized carbons (Fsp3) is 0.556. The Kier molecular flexibility index (Phi) is 5.87. The molecule has 2 fully saturated rings. The molecule has 2 aliphatic rings. The van der Waals surface area contributed by atoms with Crippen molar-refractivity contribution >= 4 is 17.6 Å². The molecule has 2 heterocycles. The van der Waals surface area contributed by atoms with Crippen LogP contribution in [0.25, 0.3) is 0 Å². The van der Waals surface area contributed by atoms with Gasteiger partial charge < -0.3 is 10.4 Å². The van der Waals surface area contributed by atoms with Gasteiger partial charge in [0.15, 0.2) is 0 Å². The van der Waals surface area contributed by atoms with Crippen LogP contribution < -0.4 is 16.2 Å². The zero-order chi connectivity index (χ0) is 18.7. The number of benzene rings is 1. The molecule has 0 aromatic heterocycles. The van der Waals surface area contributed by atoms with Gasteiger partial charge in [-0.05, 0) is 44.0 Å². The number of carboxylic acids is 1. The van der Waals surface area contributed by atoms with Crippen molar-refractivity contribution in [2.45, 2.75) is 38.4 Å². The van der Waals surface area contributed by atoms with Crippen LogP contribution in [0.3, 0.4) is 0 Å². The standard InChI is InChI=1S/C18H27N5O3/c1-3-12-4-5-14(13(10-12)18(25)26)19-17(24)15-6-7-16(21-20-15)23-9-8-22(2)11-23/h4-5,10,15-16,20-21H,3,6-9,11H2,1-2H3,(H,19,24)(H,25,26). The Hall–Kier alpha value is -2.00. The molecule has 26 heavy (non-hydrogen) atoms. The quantitative estimate of drug-likeness (QED) is 0.612. The predicted molar refractivity (Wildman–Crippen MR) is 98.7 cm³/mol. The van der Waals surface area contributed by atoms with E-state index >= 15 is 0 Å². The van der Waals surface area contributed by atoms with Crippen molar-refractivity contribution in [2.75, 3.05) is 32.1 Å². The highest BCUT2D eigenvalue weighted by atomic mass is 16.4. The number of carboxylic acid groups (broad SMARTS) is 1. The van der Waals surface area contributed by atoms with E-state index < -0.39 is 5.97 Å². The van der Waals surface area contributed by atoms with Gasteiger partial charge in [-0.25, -0.2) is 15.6 Å². The van der Waals surface area contributed by atoms with Crippen LogP contribution in [0.1, 0.15) is 35.7 Å². The third kappa shape index (κ3) is 4.21. The van der Waals surface area contributed by atoms with E-state index in [0.717, 1.165) is 38.2 Å². The van der Waals surface area contributed by atoms with Crippen molar-refractivity contribution in [1.82, 2.24) is 20.7 Å². The van der Waals surface area contributed by atoms with Gasteiger partial charge in [-0.3, -0.25) is 14.6 Å². The zero-order valence-corrected chi connectivity index (χ0v) is 15.3. The van der Waals surface area contributed by atoms with E-state index in [1.165, 1.54) is 0 Å². The molecule has 0 spiro atoms. The van der Waals surface area contributed by atoms with Gasteiger partial charge in [-0.15, -0.1) is 0 Å². The SMILES string of the molecule is CCc1ccc(NC(=O)C2CCC(N3CCN(C)C3)NN2)c(C(=O)O)c1. The molecule has 8 nitrogen and oxygen atoms in total. The minimum atomic E-state index is -1.04. The summed E-state index contributed by atoms with van der Waals surface area (Å²) in [7, 11) is 2.09. The molecule has 1 aromatic rings. The Morgan fingerprint density at radius 3 is 2.65 bits per heavy atom. The molecule has 1 aromatic carbocycles. The van der Waals surface area contributed by atoms with Gasteiger partial charge in [-0.1, -0.05) is 13.0 Å². The molecule has 2 atom stereocenters. The number of rotatable bonds is 5. The first kappa shape index (κ1) is 18.8. The first-order valence-electron chi connectivity index (χ1n) is 9.08. The normalized spacial score (nSPS) is 24.5. The van der Waals surface area contributed by atoms with Crippen LogP contribution in [-0.2, 0) is 11.2 Å². The molecule has 8 heteroatoms. The summed E-state index contributed by atoms with van der Waals surface area (Å²) in [6.45, 7) is 4.94.